The van der Waals surface area contributed by atoms with Crippen LogP contribution in [0.25, 0.3) is 0 Å². The second kappa shape index (κ2) is 10.3. The number of hydrogen-bond acceptors (Lipinski definition) is 5. The van der Waals surface area contributed by atoms with Crippen molar-refractivity contribution in [1.82, 2.24) is 0 Å². The molecule has 2 N–H and O–H groups in total. The highest BCUT2D eigenvalue weighted by Crippen LogP contribution is 2.15. The van der Waals surface area contributed by atoms with E-state index in [4.69, 9.17) is 4.74 Å². The zero-order valence-corrected chi connectivity index (χ0v) is 17.6. The van der Waals surface area contributed by atoms with E-state index in [1.165, 1.54) is 13.8 Å². The predicted octanol–water partition coefficient (Wildman–Crippen LogP) is 3.80. The van der Waals surface area contributed by atoms with Crippen molar-refractivity contribution in [3.05, 3.63) is 59.2 Å². The van der Waals surface area contributed by atoms with Gasteiger partial charge in [0, 0.05) is 30.3 Å². The van der Waals surface area contributed by atoms with Crippen LogP contribution < -0.4 is 10.6 Å². The Morgan fingerprint density at radius 1 is 0.867 bits per heavy atom. The van der Waals surface area contributed by atoms with E-state index in [2.05, 4.69) is 10.6 Å². The van der Waals surface area contributed by atoms with Crippen LogP contribution in [0.15, 0.2) is 42.5 Å². The summed E-state index contributed by atoms with van der Waals surface area (Å²) in [4.78, 5) is 47.5. The molecule has 0 saturated carbocycles. The normalized spacial score (nSPS) is 11.3. The highest BCUT2D eigenvalue weighted by Gasteiger charge is 2.19. The third kappa shape index (κ3) is 6.84. The number of ether oxygens (including phenoxy) is 1. The summed E-state index contributed by atoms with van der Waals surface area (Å²) in [5, 5.41) is 5.26. The number of nitrogens with one attached hydrogen (secondary N) is 2. The summed E-state index contributed by atoms with van der Waals surface area (Å²) in [5.74, 6) is -1.44. The molecule has 0 aromatic heterocycles. The minimum atomic E-state index is -1.01. The molecule has 0 aliphatic rings. The van der Waals surface area contributed by atoms with Gasteiger partial charge in [-0.2, -0.15) is 0 Å². The first-order chi connectivity index (χ1) is 14.2. The molecule has 0 saturated heterocycles. The van der Waals surface area contributed by atoms with Gasteiger partial charge >= 0.3 is 5.97 Å². The molecule has 0 bridgehead atoms. The maximum atomic E-state index is 12.3. The Balaban J connectivity index is 1.81. The van der Waals surface area contributed by atoms with Crippen molar-refractivity contribution in [3.63, 3.8) is 0 Å². The summed E-state index contributed by atoms with van der Waals surface area (Å²) in [5.41, 5.74) is 3.77. The number of anilines is 2. The molecular weight excluding hydrogens is 384 g/mol. The minimum Gasteiger partial charge on any atom is -0.453 e. The van der Waals surface area contributed by atoms with E-state index in [0.29, 0.717) is 16.9 Å². The molecule has 2 rings (SSSR count). The fourth-order valence-corrected chi connectivity index (χ4v) is 2.67. The van der Waals surface area contributed by atoms with Crippen LogP contribution in [0.5, 0.6) is 0 Å². The van der Waals surface area contributed by atoms with Crippen molar-refractivity contribution in [1.29, 1.82) is 0 Å². The molecule has 2 amide bonds. The van der Waals surface area contributed by atoms with Gasteiger partial charge in [-0.1, -0.05) is 12.1 Å². The Labute approximate surface area is 175 Å². The highest BCUT2D eigenvalue weighted by atomic mass is 16.5. The maximum Gasteiger partial charge on any atom is 0.307 e. The molecule has 158 valence electrons. The van der Waals surface area contributed by atoms with Crippen LogP contribution >= 0.6 is 0 Å². The number of carbonyl (C=O) groups excluding carboxylic acids is 4. The molecule has 0 fully saturated rings. The molecule has 7 nitrogen and oxygen atoms in total. The van der Waals surface area contributed by atoms with Gasteiger partial charge in [0.2, 0.25) is 5.91 Å². The standard InChI is InChI=1S/C23H26N2O5/c1-14-5-6-18(13-15(14)2)21(27)11-12-22(28)30-16(3)23(29)25-20-9-7-19(8-10-20)24-17(4)26/h5-10,13,16H,11-12H2,1-4H3,(H,24,26)(H,25,29)/t16-/m1/s1. The van der Waals surface area contributed by atoms with Gasteiger partial charge in [-0.25, -0.2) is 0 Å². The molecule has 2 aromatic rings. The summed E-state index contributed by atoms with van der Waals surface area (Å²) in [6, 6.07) is 12.0. The third-order valence-corrected chi connectivity index (χ3v) is 4.54. The molecule has 0 radical (unpaired) electrons. The minimum absolute atomic E-state index is 0.0142. The lowest BCUT2D eigenvalue weighted by Gasteiger charge is -2.14. The first-order valence-electron chi connectivity index (χ1n) is 9.64. The zero-order valence-electron chi connectivity index (χ0n) is 17.6. The molecule has 0 spiro atoms. The zero-order chi connectivity index (χ0) is 22.3. The number of Topliss-reactive ketones (excluding diaryl/α,β-unsaturated/α-hetero) is 1. The van der Waals surface area contributed by atoms with Gasteiger partial charge < -0.3 is 15.4 Å². The van der Waals surface area contributed by atoms with Crippen molar-refractivity contribution in [2.45, 2.75) is 46.6 Å². The van der Waals surface area contributed by atoms with E-state index in [-0.39, 0.29) is 24.5 Å². The molecule has 7 heteroatoms. The molecule has 30 heavy (non-hydrogen) atoms. The lowest BCUT2D eigenvalue weighted by Crippen LogP contribution is -2.30. The molecule has 0 unspecified atom stereocenters. The average molecular weight is 410 g/mol. The summed E-state index contributed by atoms with van der Waals surface area (Å²) in [7, 11) is 0. The smallest absolute Gasteiger partial charge is 0.307 e. The van der Waals surface area contributed by atoms with Crippen molar-refractivity contribution in [3.8, 4) is 0 Å². The van der Waals surface area contributed by atoms with Gasteiger partial charge in [-0.15, -0.1) is 0 Å². The SMILES string of the molecule is CC(=O)Nc1ccc(NC(=O)[C@@H](C)OC(=O)CCC(=O)c2ccc(C)c(C)c2)cc1. The van der Waals surface area contributed by atoms with Crippen molar-refractivity contribution in [2.24, 2.45) is 0 Å². The lowest BCUT2D eigenvalue weighted by molar-refractivity contribution is -0.153. The largest absolute Gasteiger partial charge is 0.453 e. The van der Waals surface area contributed by atoms with E-state index in [1.807, 2.05) is 19.9 Å². The quantitative estimate of drug-likeness (QED) is 0.509. The van der Waals surface area contributed by atoms with E-state index < -0.39 is 18.0 Å². The summed E-state index contributed by atoms with van der Waals surface area (Å²) in [6.45, 7) is 6.75. The van der Waals surface area contributed by atoms with E-state index in [9.17, 15) is 19.2 Å². The number of esters is 1. The van der Waals surface area contributed by atoms with Crippen LogP contribution in [0.2, 0.25) is 0 Å². The van der Waals surface area contributed by atoms with Crippen LogP contribution in [-0.4, -0.2) is 29.7 Å². The van der Waals surface area contributed by atoms with E-state index in [0.717, 1.165) is 11.1 Å². The van der Waals surface area contributed by atoms with Gasteiger partial charge in [0.1, 0.15) is 0 Å². The van der Waals surface area contributed by atoms with Crippen LogP contribution in [-0.2, 0) is 19.1 Å². The Kier molecular flexibility index (Phi) is 7.86. The lowest BCUT2D eigenvalue weighted by atomic mass is 10.0. The maximum absolute atomic E-state index is 12.3. The second-order valence-electron chi connectivity index (χ2n) is 7.10. The van der Waals surface area contributed by atoms with E-state index in [1.54, 1.807) is 36.4 Å². The predicted molar refractivity (Wildman–Crippen MR) is 114 cm³/mol. The Bertz CT molecular complexity index is 951. The Morgan fingerprint density at radius 2 is 1.47 bits per heavy atom. The van der Waals surface area contributed by atoms with Crippen molar-refractivity contribution in [2.75, 3.05) is 10.6 Å². The third-order valence-electron chi connectivity index (χ3n) is 4.54. The topological polar surface area (TPSA) is 102 Å². The molecule has 0 aliphatic heterocycles. The number of hydrogen-bond donors (Lipinski definition) is 2. The van der Waals surface area contributed by atoms with Gasteiger partial charge in [0.25, 0.3) is 5.91 Å². The van der Waals surface area contributed by atoms with Crippen molar-refractivity contribution < 1.29 is 23.9 Å². The monoisotopic (exact) mass is 410 g/mol. The fourth-order valence-electron chi connectivity index (χ4n) is 2.67. The van der Waals surface area contributed by atoms with Crippen LogP contribution in [0.1, 0.15) is 48.2 Å². The molecule has 0 aliphatic carbocycles. The fraction of sp³-hybridized carbons (Fsp3) is 0.304. The molecular formula is C23H26N2O5. The van der Waals surface area contributed by atoms with Gasteiger partial charge in [0.15, 0.2) is 11.9 Å². The molecule has 2 aromatic carbocycles. The number of ketones is 1. The van der Waals surface area contributed by atoms with Gasteiger partial charge in [-0.05, 0) is 62.2 Å². The van der Waals surface area contributed by atoms with Crippen LogP contribution in [0.3, 0.4) is 0 Å². The Morgan fingerprint density at radius 3 is 2.03 bits per heavy atom. The molecule has 1 atom stereocenters. The summed E-state index contributed by atoms with van der Waals surface area (Å²) < 4.78 is 5.13. The van der Waals surface area contributed by atoms with E-state index >= 15 is 0 Å². The van der Waals surface area contributed by atoms with Crippen molar-refractivity contribution >= 4 is 34.9 Å². The summed E-state index contributed by atoms with van der Waals surface area (Å²) in [6.07, 6.45) is -1.10. The first-order valence-corrected chi connectivity index (χ1v) is 9.64. The number of benzene rings is 2. The second-order valence-corrected chi connectivity index (χ2v) is 7.10. The average Bonchev–Trinajstić information content (AvgIpc) is 2.69. The first kappa shape index (κ1) is 22.8. The number of aryl methyl sites for hydroxylation is 2. The van der Waals surface area contributed by atoms with Gasteiger partial charge in [0.05, 0.1) is 6.42 Å². The highest BCUT2D eigenvalue weighted by molar-refractivity contribution is 5.98. The Hall–Kier alpha value is -3.48. The van der Waals surface area contributed by atoms with Crippen LogP contribution in [0.4, 0.5) is 11.4 Å². The summed E-state index contributed by atoms with van der Waals surface area (Å²) >= 11 is 0. The number of carbonyl (C=O) groups is 4. The number of rotatable bonds is 8. The molecule has 0 heterocycles. The van der Waals surface area contributed by atoms with Gasteiger partial charge in [-0.3, -0.25) is 19.2 Å². The van der Waals surface area contributed by atoms with Crippen LogP contribution in [0, 0.1) is 13.8 Å². The number of amides is 2.